The molecule has 0 atom stereocenters. The molecule has 6 rings (SSSR count). The van der Waals surface area contributed by atoms with Crippen LogP contribution in [0.3, 0.4) is 0 Å². The largest absolute Gasteiger partial charge is 0.255 e. The van der Waals surface area contributed by atoms with Gasteiger partial charge < -0.3 is 9.88 Å². The molecule has 7 nitrogen and oxygen atoms in total. The molecule has 245 valence electrons. The Bertz CT molecular complexity index is 1410. The Morgan fingerprint density at radius 3 is 1.45 bits per heavy atom. The van der Waals surface area contributed by atoms with E-state index in [4.69, 9.17) is 0 Å². The number of unbranched alkanes of at least 4 members (excludes halogenated alkanes) is 3. The molecule has 47 heavy (non-hydrogen) atoms. The number of nitrogens with zero attached hydrogens (tertiary/aromatic N) is 6. The van der Waals surface area contributed by atoms with Gasteiger partial charge in [-0.2, -0.15) is 0 Å². The van der Waals surface area contributed by atoms with Crippen molar-refractivity contribution in [2.75, 3.05) is 6.54 Å². The minimum Gasteiger partial charge on any atom is -0.255 e. The maximum absolute atomic E-state index is 4.67. The fourth-order valence-corrected chi connectivity index (χ4v) is 4.46. The third kappa shape index (κ3) is 15.4. The summed E-state index contributed by atoms with van der Waals surface area (Å²) in [6.07, 6.45) is 20.7. The van der Waals surface area contributed by atoms with Crippen molar-refractivity contribution in [3.05, 3.63) is 159 Å². The van der Waals surface area contributed by atoms with Crippen molar-refractivity contribution in [2.24, 2.45) is 0 Å². The Hall–Kier alpha value is -4.08. The first kappa shape index (κ1) is 37.4. The van der Waals surface area contributed by atoms with E-state index >= 15 is 0 Å². The van der Waals surface area contributed by atoms with Gasteiger partial charge in [-0.05, 0) is 85.6 Å². The van der Waals surface area contributed by atoms with Gasteiger partial charge in [-0.15, -0.1) is 0 Å². The van der Waals surface area contributed by atoms with Gasteiger partial charge in [0, 0.05) is 68.9 Å². The molecule has 0 saturated carbocycles. The first-order valence-corrected chi connectivity index (χ1v) is 18.8. The van der Waals surface area contributed by atoms with E-state index in [2.05, 4.69) is 100 Å². The van der Waals surface area contributed by atoms with E-state index < -0.39 is 0 Å². The van der Waals surface area contributed by atoms with E-state index in [1.807, 2.05) is 72.8 Å². The van der Waals surface area contributed by atoms with Gasteiger partial charge in [0.1, 0.15) is 0 Å². The molecule has 0 saturated heterocycles. The average molecular weight is 823 g/mol. The molecule has 0 radical (unpaired) electrons. The fraction of sp³-hybridized carbons (Fsp3) is 0.211. The normalized spacial score (nSPS) is 9.94. The van der Waals surface area contributed by atoms with E-state index in [9.17, 15) is 0 Å². The number of hydrogen-bond donors (Lipinski definition) is 1. The number of pyridine rings is 5. The summed E-state index contributed by atoms with van der Waals surface area (Å²) in [5.74, 6) is 0. The van der Waals surface area contributed by atoms with Crippen molar-refractivity contribution in [1.29, 1.82) is 0 Å². The average Bonchev–Trinajstić information content (AvgIpc) is 3.70. The van der Waals surface area contributed by atoms with Gasteiger partial charge in [-0.1, -0.05) is 37.1 Å². The SMILES string of the molecule is [CH2-]C[n+]1ccc(CNCCCCCCn2cccc2)cc1.[Cl][Os].c1ccc(-c2ccccn2)nc1.c1ccc(-c2ccccn2)nc1. The van der Waals surface area contributed by atoms with Gasteiger partial charge >= 0.3 is 27.2 Å². The summed E-state index contributed by atoms with van der Waals surface area (Å²) >= 11 is 1.33. The molecule has 0 spiro atoms. The summed E-state index contributed by atoms with van der Waals surface area (Å²) in [5.41, 5.74) is 5.00. The standard InChI is InChI=1S/C18H27N3.2C10H8N2.ClH.Os/c1-2-20-15-9-18(10-16-20)17-19-11-5-3-4-6-12-21-13-7-8-14-21;2*1-3-7-11-9(5-1)10-6-2-4-8-12-10;;/h7-10,13-16,19H,1-6,11-12,17H2;2*1-8H;1H;/q;;;;+1/p-1. The Morgan fingerprint density at radius 2 is 1.04 bits per heavy atom. The molecule has 0 aromatic carbocycles. The van der Waals surface area contributed by atoms with Crippen LogP contribution in [0.5, 0.6) is 0 Å². The molecule has 0 amide bonds. The topological polar surface area (TPSA) is 72.4 Å². The molecule has 9 heteroatoms. The van der Waals surface area contributed by atoms with Crippen molar-refractivity contribution in [2.45, 2.75) is 45.3 Å². The summed E-state index contributed by atoms with van der Waals surface area (Å²) in [6, 6.07) is 31.7. The molecule has 0 aliphatic heterocycles. The summed E-state index contributed by atoms with van der Waals surface area (Å²) < 4.78 is 4.33. The number of rotatable bonds is 12. The Kier molecular flexibility index (Phi) is 19.2. The van der Waals surface area contributed by atoms with Crippen LogP contribution in [0.4, 0.5) is 0 Å². The quantitative estimate of drug-likeness (QED) is 0.0772. The van der Waals surface area contributed by atoms with Crippen LogP contribution in [0.25, 0.3) is 22.8 Å². The molecular weight excluding hydrogens is 780 g/mol. The molecule has 0 fully saturated rings. The molecule has 0 bridgehead atoms. The van der Waals surface area contributed by atoms with Crippen molar-refractivity contribution in [1.82, 2.24) is 29.8 Å². The molecule has 6 heterocycles. The molecule has 0 aliphatic carbocycles. The van der Waals surface area contributed by atoms with Gasteiger partial charge in [-0.25, -0.2) is 4.57 Å². The monoisotopic (exact) mass is 824 g/mol. The van der Waals surface area contributed by atoms with Gasteiger partial charge in [0.05, 0.1) is 22.8 Å². The van der Waals surface area contributed by atoms with Crippen LogP contribution < -0.4 is 9.88 Å². The minimum atomic E-state index is 0.788. The third-order valence-corrected chi connectivity index (χ3v) is 6.92. The maximum atomic E-state index is 4.67. The summed E-state index contributed by atoms with van der Waals surface area (Å²) in [4.78, 5) is 16.7. The fourth-order valence-electron chi connectivity index (χ4n) is 4.46. The van der Waals surface area contributed by atoms with Crippen molar-refractivity contribution >= 4 is 9.64 Å². The van der Waals surface area contributed by atoms with E-state index in [1.165, 1.54) is 48.8 Å². The molecule has 1 N–H and O–H groups in total. The number of aryl methyl sites for hydroxylation is 1. The smallest absolute Gasteiger partial charge is 0.0886 e. The summed E-state index contributed by atoms with van der Waals surface area (Å²) in [6.45, 7) is 7.86. The first-order chi connectivity index (χ1) is 23.3. The second-order valence-electron chi connectivity index (χ2n) is 10.3. The van der Waals surface area contributed by atoms with Crippen LogP contribution in [0.1, 0.15) is 31.2 Å². The van der Waals surface area contributed by atoms with Crippen molar-refractivity contribution < 1.29 is 22.2 Å². The predicted molar refractivity (Wildman–Crippen MR) is 187 cm³/mol. The van der Waals surface area contributed by atoms with E-state index in [1.54, 1.807) is 24.8 Å². The Labute approximate surface area is 294 Å². The van der Waals surface area contributed by atoms with Gasteiger partial charge in [0.25, 0.3) is 0 Å². The van der Waals surface area contributed by atoms with Crippen molar-refractivity contribution in [3.63, 3.8) is 0 Å². The van der Waals surface area contributed by atoms with E-state index in [0.717, 1.165) is 49.0 Å². The number of halogens is 1. The third-order valence-electron chi connectivity index (χ3n) is 6.92. The first-order valence-electron chi connectivity index (χ1n) is 15.7. The zero-order chi connectivity index (χ0) is 33.2. The van der Waals surface area contributed by atoms with Gasteiger partial charge in [0.15, 0.2) is 12.4 Å². The zero-order valence-electron chi connectivity index (χ0n) is 26.6. The van der Waals surface area contributed by atoms with Crippen LogP contribution in [-0.4, -0.2) is 31.0 Å². The number of aromatic nitrogens is 6. The molecule has 0 unspecified atom stereocenters. The molecule has 6 aromatic rings. The molecular formula is C38H43ClN7Os. The molecule has 6 aromatic heterocycles. The Morgan fingerprint density at radius 1 is 0.596 bits per heavy atom. The summed E-state index contributed by atoms with van der Waals surface area (Å²) in [5, 5.41) is 3.51. The summed E-state index contributed by atoms with van der Waals surface area (Å²) in [7, 11) is 4.67. The van der Waals surface area contributed by atoms with Gasteiger partial charge in [0.2, 0.25) is 0 Å². The number of hydrogen-bond acceptors (Lipinski definition) is 5. The van der Waals surface area contributed by atoms with Crippen LogP contribution in [0.2, 0.25) is 0 Å². The number of nitrogens with one attached hydrogen (secondary N) is 1. The second kappa shape index (κ2) is 24.1. The minimum absolute atomic E-state index is 0.788. The van der Waals surface area contributed by atoms with Crippen LogP contribution in [0, 0.1) is 6.92 Å². The van der Waals surface area contributed by atoms with E-state index in [-0.39, 0.29) is 0 Å². The predicted octanol–water partition coefficient (Wildman–Crippen LogP) is 7.93. The van der Waals surface area contributed by atoms with Crippen LogP contribution >= 0.6 is 9.64 Å². The van der Waals surface area contributed by atoms with Crippen LogP contribution in [-0.2, 0) is 37.2 Å². The maximum Gasteiger partial charge on any atom is 0.0886 e. The van der Waals surface area contributed by atoms with Crippen LogP contribution in [0.15, 0.2) is 147 Å². The zero-order valence-corrected chi connectivity index (χ0v) is 29.9. The van der Waals surface area contributed by atoms with E-state index in [0.29, 0.717) is 0 Å². The van der Waals surface area contributed by atoms with Crippen molar-refractivity contribution in [3.8, 4) is 22.8 Å². The molecule has 0 aliphatic rings. The van der Waals surface area contributed by atoms with Gasteiger partial charge in [-0.3, -0.25) is 26.9 Å². The Balaban J connectivity index is 0.000000197. The second-order valence-corrected chi connectivity index (χ2v) is 10.3.